The number of benzene rings is 5. The lowest BCUT2D eigenvalue weighted by Gasteiger charge is -2.02. The Morgan fingerprint density at radius 3 is 0.625 bits per heavy atom. The van der Waals surface area contributed by atoms with Crippen LogP contribution in [-0.4, -0.2) is 19.9 Å². The second-order valence-electron chi connectivity index (χ2n) is 8.29. The molecule has 7 rings (SSSR count). The van der Waals surface area contributed by atoms with Crippen molar-refractivity contribution in [3.05, 3.63) is 127 Å². The second-order valence-corrected chi connectivity index (χ2v) is 10.4. The summed E-state index contributed by atoms with van der Waals surface area (Å²) in [6.45, 7) is 0. The maximum atomic E-state index is 12.6. The number of hydrogen-bond donors (Lipinski definition) is 0. The van der Waals surface area contributed by atoms with Gasteiger partial charge in [-0.15, -0.1) is 0 Å². The summed E-state index contributed by atoms with van der Waals surface area (Å²) in [7, 11) is 0. The Morgan fingerprint density at radius 2 is 0.475 bits per heavy atom. The van der Waals surface area contributed by atoms with Crippen LogP contribution in [-0.2, 0) is 0 Å². The summed E-state index contributed by atoms with van der Waals surface area (Å²) in [5.74, 6) is -5.39. The van der Waals surface area contributed by atoms with E-state index in [2.05, 4.69) is 19.9 Å². The molecule has 0 N–H and O–H groups in total. The fourth-order valence-electron chi connectivity index (χ4n) is 3.71. The van der Waals surface area contributed by atoms with Gasteiger partial charge in [0.15, 0.2) is 23.3 Å². The molecule has 2 aromatic heterocycles. The number of aromatic nitrogens is 4. The third-order valence-electron chi connectivity index (χ3n) is 5.65. The van der Waals surface area contributed by atoms with E-state index in [9.17, 15) is 17.6 Å². The first-order valence-electron chi connectivity index (χ1n) is 11.7. The lowest BCUT2D eigenvalue weighted by molar-refractivity contribution is 0.437. The standard InChI is InChI=1S/2C12H8N2.C6F4I2/c2*1-2-6-10-9(5-1)13-11-7-3-4-8-12(11)14-10;7-1-2(8)6(12)4(10)3(9)5(1)11/h2*1-8H;. The number of fused-ring (bicyclic) bond motifs is 4. The Labute approximate surface area is 252 Å². The largest absolute Gasteiger partial charge is 0.245 e. The topological polar surface area (TPSA) is 51.6 Å². The molecular formula is C30H16F4I2N4. The van der Waals surface area contributed by atoms with Crippen molar-refractivity contribution < 1.29 is 17.6 Å². The van der Waals surface area contributed by atoms with E-state index in [1.54, 1.807) is 0 Å². The molecule has 4 nitrogen and oxygen atoms in total. The molecule has 2 heterocycles. The van der Waals surface area contributed by atoms with Crippen molar-refractivity contribution in [1.82, 2.24) is 19.9 Å². The molecule has 0 saturated carbocycles. The number of para-hydroxylation sites is 8. The van der Waals surface area contributed by atoms with Gasteiger partial charge in [-0.2, -0.15) is 0 Å². The van der Waals surface area contributed by atoms with Gasteiger partial charge in [0.1, 0.15) is 0 Å². The predicted octanol–water partition coefficient (Wildman–Crippen LogP) is 9.02. The molecule has 5 aromatic carbocycles. The highest BCUT2D eigenvalue weighted by atomic mass is 127. The van der Waals surface area contributed by atoms with Gasteiger partial charge in [0, 0.05) is 0 Å². The zero-order chi connectivity index (χ0) is 28.2. The van der Waals surface area contributed by atoms with Crippen LogP contribution in [0.5, 0.6) is 0 Å². The maximum absolute atomic E-state index is 12.6. The van der Waals surface area contributed by atoms with Gasteiger partial charge in [0.25, 0.3) is 0 Å². The third-order valence-corrected chi connectivity index (χ3v) is 7.54. The van der Waals surface area contributed by atoms with Gasteiger partial charge in [-0.3, -0.25) is 0 Å². The smallest absolute Gasteiger partial charge is 0.176 e. The molecule has 0 bridgehead atoms. The lowest BCUT2D eigenvalue weighted by atomic mass is 10.2. The Hall–Kier alpha value is -3.52. The van der Waals surface area contributed by atoms with Gasteiger partial charge < -0.3 is 0 Å². The van der Waals surface area contributed by atoms with Gasteiger partial charge in [-0.25, -0.2) is 37.5 Å². The molecule has 198 valence electrons. The Morgan fingerprint density at radius 1 is 0.325 bits per heavy atom. The van der Waals surface area contributed by atoms with Crippen LogP contribution in [0.25, 0.3) is 44.1 Å². The first-order chi connectivity index (χ1) is 19.3. The average Bonchev–Trinajstić information content (AvgIpc) is 3.00. The van der Waals surface area contributed by atoms with E-state index in [0.717, 1.165) is 44.1 Å². The highest BCUT2D eigenvalue weighted by Gasteiger charge is 2.21. The minimum absolute atomic E-state index is 0.664. The minimum Gasteiger partial charge on any atom is -0.245 e. The number of hydrogen-bond acceptors (Lipinski definition) is 4. The maximum Gasteiger partial charge on any atom is 0.176 e. The van der Waals surface area contributed by atoms with Crippen LogP contribution in [0.15, 0.2) is 97.1 Å². The summed E-state index contributed by atoms with van der Waals surface area (Å²) in [4.78, 5) is 18.1. The van der Waals surface area contributed by atoms with Crippen LogP contribution < -0.4 is 0 Å². The highest BCUT2D eigenvalue weighted by Crippen LogP contribution is 2.26. The molecule has 0 amide bonds. The molecule has 0 spiro atoms. The molecule has 40 heavy (non-hydrogen) atoms. The molecule has 0 fully saturated rings. The average molecular weight is 762 g/mol. The predicted molar refractivity (Wildman–Crippen MR) is 166 cm³/mol. The molecule has 0 unspecified atom stereocenters. The van der Waals surface area contributed by atoms with Crippen molar-refractivity contribution >= 4 is 89.3 Å². The van der Waals surface area contributed by atoms with Crippen LogP contribution in [0.1, 0.15) is 0 Å². The summed E-state index contributed by atoms with van der Waals surface area (Å²) < 4.78 is 49.2. The van der Waals surface area contributed by atoms with Gasteiger partial charge >= 0.3 is 0 Å². The SMILES string of the molecule is Fc1c(F)c(I)c(F)c(F)c1I.c1ccc2nc3ccccc3nc2c1.c1ccc2nc3ccccc3nc2c1. The van der Waals surface area contributed by atoms with E-state index in [4.69, 9.17) is 0 Å². The van der Waals surface area contributed by atoms with Gasteiger partial charge in [-0.1, -0.05) is 48.5 Å². The molecule has 10 heteroatoms. The van der Waals surface area contributed by atoms with Gasteiger partial charge in [-0.05, 0) is 93.7 Å². The number of nitrogens with zero attached hydrogens (tertiary/aromatic N) is 4. The minimum atomic E-state index is -1.35. The molecule has 0 atom stereocenters. The summed E-state index contributed by atoms with van der Waals surface area (Å²) >= 11 is 2.41. The summed E-state index contributed by atoms with van der Waals surface area (Å²) in [6.07, 6.45) is 0. The van der Waals surface area contributed by atoms with Crippen molar-refractivity contribution in [3.8, 4) is 0 Å². The van der Waals surface area contributed by atoms with Crippen molar-refractivity contribution in [2.24, 2.45) is 0 Å². The van der Waals surface area contributed by atoms with Crippen molar-refractivity contribution in [3.63, 3.8) is 0 Å². The van der Waals surface area contributed by atoms with Crippen LogP contribution in [0.4, 0.5) is 17.6 Å². The van der Waals surface area contributed by atoms with E-state index in [-0.39, 0.29) is 0 Å². The normalized spacial score (nSPS) is 10.8. The number of halogens is 6. The quantitative estimate of drug-likeness (QED) is 0.0509. The van der Waals surface area contributed by atoms with Crippen LogP contribution in [0, 0.1) is 30.4 Å². The van der Waals surface area contributed by atoms with E-state index >= 15 is 0 Å². The first-order valence-corrected chi connectivity index (χ1v) is 13.9. The summed E-state index contributed by atoms with van der Waals surface area (Å²) in [5.41, 5.74) is 7.60. The van der Waals surface area contributed by atoms with Crippen LogP contribution in [0.2, 0.25) is 0 Å². The van der Waals surface area contributed by atoms with Gasteiger partial charge in [0.05, 0.1) is 51.3 Å². The monoisotopic (exact) mass is 762 g/mol. The van der Waals surface area contributed by atoms with Gasteiger partial charge in [0.2, 0.25) is 0 Å². The molecule has 7 aromatic rings. The Bertz CT molecular complexity index is 1580. The second kappa shape index (κ2) is 12.3. The third kappa shape index (κ3) is 5.97. The molecule has 0 aliphatic rings. The summed E-state index contributed by atoms with van der Waals surface area (Å²) in [6, 6.07) is 31.7. The first kappa shape index (κ1) is 28.0. The van der Waals surface area contributed by atoms with E-state index < -0.39 is 30.4 Å². The highest BCUT2D eigenvalue weighted by molar-refractivity contribution is 14.1. The zero-order valence-corrected chi connectivity index (χ0v) is 24.6. The molecule has 0 aliphatic heterocycles. The van der Waals surface area contributed by atoms with E-state index in [1.165, 1.54) is 45.2 Å². The van der Waals surface area contributed by atoms with Crippen molar-refractivity contribution in [2.75, 3.05) is 0 Å². The summed E-state index contributed by atoms with van der Waals surface area (Å²) in [5, 5.41) is 0. The molecule has 0 aliphatic carbocycles. The molecule has 0 radical (unpaired) electrons. The number of rotatable bonds is 0. The lowest BCUT2D eigenvalue weighted by Crippen LogP contribution is -2.02. The van der Waals surface area contributed by atoms with Crippen LogP contribution >= 0.6 is 45.2 Å². The molecular weight excluding hydrogens is 746 g/mol. The fraction of sp³-hybridized carbons (Fsp3) is 0. The van der Waals surface area contributed by atoms with E-state index in [0.29, 0.717) is 0 Å². The zero-order valence-electron chi connectivity index (χ0n) is 20.3. The Kier molecular flexibility index (Phi) is 8.64. The molecule has 0 saturated heterocycles. The Balaban J connectivity index is 0.000000122. The van der Waals surface area contributed by atoms with Crippen LogP contribution in [0.3, 0.4) is 0 Å². The van der Waals surface area contributed by atoms with Crippen molar-refractivity contribution in [2.45, 2.75) is 0 Å². The van der Waals surface area contributed by atoms with Crippen molar-refractivity contribution in [1.29, 1.82) is 0 Å². The van der Waals surface area contributed by atoms with E-state index in [1.807, 2.05) is 97.1 Å². The fourth-order valence-corrected chi connectivity index (χ4v) is 4.66.